The summed E-state index contributed by atoms with van der Waals surface area (Å²) in [5.41, 5.74) is 6.65. The van der Waals surface area contributed by atoms with Crippen LogP contribution in [0.15, 0.2) is 34.5 Å². The van der Waals surface area contributed by atoms with Crippen LogP contribution in [-0.4, -0.2) is 52.2 Å². The number of amides is 2. The molecule has 3 aliphatic rings. The molecule has 4 rings (SSSR count). The number of thioether (sulfide) groups is 1. The van der Waals surface area contributed by atoms with Crippen molar-refractivity contribution in [3.63, 3.8) is 0 Å². The van der Waals surface area contributed by atoms with Crippen LogP contribution in [0, 0.1) is 0 Å². The highest BCUT2D eigenvalue weighted by atomic mass is 32.2. The molecule has 1 aromatic heterocycles. The summed E-state index contributed by atoms with van der Waals surface area (Å²) in [6.07, 6.45) is 9.20. The van der Waals surface area contributed by atoms with Crippen molar-refractivity contribution in [3.05, 3.63) is 35.2 Å². The number of carbonyl (C=O) groups is 2. The molecule has 1 aromatic rings. The Kier molecular flexibility index (Phi) is 5.29. The molecule has 9 nitrogen and oxygen atoms in total. The number of hydrogen-bond acceptors (Lipinski definition) is 8. The van der Waals surface area contributed by atoms with Gasteiger partial charge < -0.3 is 15.4 Å². The topological polar surface area (TPSA) is 123 Å². The van der Waals surface area contributed by atoms with Crippen molar-refractivity contribution in [2.75, 3.05) is 18.0 Å². The molecular weight excluding hydrogens is 380 g/mol. The van der Waals surface area contributed by atoms with Crippen LogP contribution < -0.4 is 16.0 Å². The fourth-order valence-corrected chi connectivity index (χ4v) is 3.88. The quantitative estimate of drug-likeness (QED) is 0.442. The smallest absolute Gasteiger partial charge is 0.290 e. The Morgan fingerprint density at radius 3 is 2.89 bits per heavy atom. The van der Waals surface area contributed by atoms with E-state index in [4.69, 9.17) is 10.5 Å². The summed E-state index contributed by atoms with van der Waals surface area (Å²) in [4.78, 5) is 38.9. The maximum Gasteiger partial charge on any atom is 0.290 e. The van der Waals surface area contributed by atoms with Gasteiger partial charge in [0.1, 0.15) is 5.84 Å². The third-order valence-electron chi connectivity index (χ3n) is 4.68. The zero-order chi connectivity index (χ0) is 19.5. The molecule has 146 valence electrons. The van der Waals surface area contributed by atoms with E-state index in [2.05, 4.69) is 25.2 Å². The molecule has 0 bridgehead atoms. The van der Waals surface area contributed by atoms with Gasteiger partial charge in [0.25, 0.3) is 11.1 Å². The summed E-state index contributed by atoms with van der Waals surface area (Å²) in [5.74, 6) is 0.755. The number of amidine groups is 1. The molecule has 2 fully saturated rings. The van der Waals surface area contributed by atoms with Gasteiger partial charge >= 0.3 is 0 Å². The van der Waals surface area contributed by atoms with Crippen molar-refractivity contribution in [3.8, 4) is 0 Å². The van der Waals surface area contributed by atoms with Gasteiger partial charge in [0.2, 0.25) is 5.95 Å². The number of carbonyl (C=O) groups excluding carboxylic acids is 2. The number of aromatic nitrogens is 2. The van der Waals surface area contributed by atoms with Gasteiger partial charge in [0, 0.05) is 25.7 Å². The zero-order valence-electron chi connectivity index (χ0n) is 15.1. The largest absolute Gasteiger partial charge is 0.490 e. The summed E-state index contributed by atoms with van der Waals surface area (Å²) in [5, 5.41) is 1.86. The Hall–Kier alpha value is -2.88. The molecule has 0 spiro atoms. The van der Waals surface area contributed by atoms with E-state index in [1.165, 1.54) is 0 Å². The van der Waals surface area contributed by atoms with Gasteiger partial charge in [-0.05, 0) is 42.8 Å². The minimum Gasteiger partial charge on any atom is -0.490 e. The Balaban J connectivity index is 1.38. The van der Waals surface area contributed by atoms with E-state index in [1.807, 2.05) is 6.08 Å². The van der Waals surface area contributed by atoms with Crippen LogP contribution in [0.3, 0.4) is 0 Å². The zero-order valence-corrected chi connectivity index (χ0v) is 15.9. The third-order valence-corrected chi connectivity index (χ3v) is 5.49. The monoisotopic (exact) mass is 400 g/mol. The summed E-state index contributed by atoms with van der Waals surface area (Å²) in [6.45, 7) is 1.53. The molecular formula is C18H20N6O3S. The molecule has 0 aromatic carbocycles. The second kappa shape index (κ2) is 8.01. The number of nitrogens with two attached hydrogens (primary N) is 1. The van der Waals surface area contributed by atoms with Crippen LogP contribution in [0.2, 0.25) is 0 Å². The van der Waals surface area contributed by atoms with Gasteiger partial charge in [-0.25, -0.2) is 9.97 Å². The molecule has 0 radical (unpaired) electrons. The Morgan fingerprint density at radius 2 is 2.21 bits per heavy atom. The average molecular weight is 400 g/mol. The first kappa shape index (κ1) is 18.5. The second-order valence-corrected chi connectivity index (χ2v) is 7.65. The molecule has 4 heterocycles. The maximum atomic E-state index is 11.7. The molecule has 10 heteroatoms. The molecule has 2 amide bonds. The van der Waals surface area contributed by atoms with E-state index in [1.54, 1.807) is 24.6 Å². The Bertz CT molecular complexity index is 868. The summed E-state index contributed by atoms with van der Waals surface area (Å²) >= 11 is 0.872. The van der Waals surface area contributed by atoms with E-state index >= 15 is 0 Å². The third kappa shape index (κ3) is 4.16. The molecule has 2 saturated heterocycles. The van der Waals surface area contributed by atoms with Gasteiger partial charge in [-0.15, -0.1) is 0 Å². The lowest BCUT2D eigenvalue weighted by molar-refractivity contribution is -0.115. The minimum atomic E-state index is -0.395. The average Bonchev–Trinajstić information content (AvgIpc) is 3.33. The van der Waals surface area contributed by atoms with E-state index in [-0.39, 0.29) is 17.4 Å². The first-order chi connectivity index (χ1) is 13.6. The first-order valence-electron chi connectivity index (χ1n) is 9.05. The number of ether oxygens (including phenoxy) is 1. The highest BCUT2D eigenvalue weighted by Crippen LogP contribution is 2.26. The lowest BCUT2D eigenvalue weighted by atomic mass is 10.1. The summed E-state index contributed by atoms with van der Waals surface area (Å²) < 4.78 is 5.41. The van der Waals surface area contributed by atoms with Crippen molar-refractivity contribution in [1.82, 2.24) is 15.3 Å². The number of imide groups is 1. The van der Waals surface area contributed by atoms with Crippen molar-refractivity contribution < 1.29 is 14.3 Å². The fourth-order valence-electron chi connectivity index (χ4n) is 3.21. The SMILES string of the molecule is NC(=NC1CCN(c2nccc(/C=C3\SC(=O)NC3=O)n2)CC1)C1CC=CO1. The minimum absolute atomic E-state index is 0.136. The number of rotatable bonds is 4. The van der Waals surface area contributed by atoms with Crippen LogP contribution >= 0.6 is 11.8 Å². The standard InChI is InChI=1S/C18H20N6O3S/c19-15(13-2-1-9-27-13)21-11-4-7-24(8-5-11)17-20-6-3-12(22-17)10-14-16(25)23-18(26)28-14/h1,3,6,9-11,13H,2,4-5,7-8H2,(H2,19,21)(H,23,25,26)/b14-10-. The summed E-state index contributed by atoms with van der Waals surface area (Å²) in [7, 11) is 0. The molecule has 0 aliphatic carbocycles. The van der Waals surface area contributed by atoms with Gasteiger partial charge in [-0.3, -0.25) is 19.9 Å². The van der Waals surface area contributed by atoms with Crippen LogP contribution in [0.4, 0.5) is 10.7 Å². The lowest BCUT2D eigenvalue weighted by Gasteiger charge is -2.30. The number of nitrogens with one attached hydrogen (secondary N) is 1. The number of nitrogens with zero attached hydrogens (tertiary/aromatic N) is 4. The van der Waals surface area contributed by atoms with Crippen molar-refractivity contribution in [2.45, 2.75) is 31.4 Å². The van der Waals surface area contributed by atoms with Crippen molar-refractivity contribution >= 4 is 40.8 Å². The Labute approximate surface area is 166 Å². The molecule has 28 heavy (non-hydrogen) atoms. The van der Waals surface area contributed by atoms with E-state index in [9.17, 15) is 9.59 Å². The number of hydrogen-bond donors (Lipinski definition) is 2. The fraction of sp³-hybridized carbons (Fsp3) is 0.389. The molecule has 1 unspecified atom stereocenters. The predicted molar refractivity (Wildman–Crippen MR) is 107 cm³/mol. The van der Waals surface area contributed by atoms with E-state index in [0.29, 0.717) is 22.4 Å². The second-order valence-electron chi connectivity index (χ2n) is 6.64. The van der Waals surface area contributed by atoms with E-state index in [0.717, 1.165) is 44.1 Å². The van der Waals surface area contributed by atoms with Gasteiger partial charge in [-0.1, -0.05) is 0 Å². The van der Waals surface area contributed by atoms with Crippen LogP contribution in [0.25, 0.3) is 6.08 Å². The van der Waals surface area contributed by atoms with Crippen molar-refractivity contribution in [2.24, 2.45) is 10.7 Å². The molecule has 1 atom stereocenters. The van der Waals surface area contributed by atoms with E-state index < -0.39 is 5.91 Å². The number of anilines is 1. The van der Waals surface area contributed by atoms with Gasteiger partial charge in [0.05, 0.1) is 22.9 Å². The molecule has 0 saturated carbocycles. The molecule has 3 N–H and O–H groups in total. The van der Waals surface area contributed by atoms with Gasteiger partial charge in [0.15, 0.2) is 6.10 Å². The van der Waals surface area contributed by atoms with Crippen LogP contribution in [0.5, 0.6) is 0 Å². The Morgan fingerprint density at radius 1 is 1.39 bits per heavy atom. The predicted octanol–water partition coefficient (Wildman–Crippen LogP) is 1.43. The molecule has 3 aliphatic heterocycles. The maximum absolute atomic E-state index is 11.7. The van der Waals surface area contributed by atoms with Crippen LogP contribution in [-0.2, 0) is 9.53 Å². The first-order valence-corrected chi connectivity index (χ1v) is 9.86. The van der Waals surface area contributed by atoms with Gasteiger partial charge in [-0.2, -0.15) is 0 Å². The number of aliphatic imine (C=N–C) groups is 1. The van der Waals surface area contributed by atoms with Crippen LogP contribution in [0.1, 0.15) is 25.0 Å². The highest BCUT2D eigenvalue weighted by molar-refractivity contribution is 8.18. The summed E-state index contributed by atoms with van der Waals surface area (Å²) in [6, 6.07) is 1.87. The van der Waals surface area contributed by atoms with Crippen molar-refractivity contribution in [1.29, 1.82) is 0 Å². The normalized spacial score (nSPS) is 24.7. The highest BCUT2D eigenvalue weighted by Gasteiger charge is 2.26. The lowest BCUT2D eigenvalue weighted by Crippen LogP contribution is -2.38. The number of piperidine rings is 1.